The summed E-state index contributed by atoms with van der Waals surface area (Å²) in [5.41, 5.74) is 1.73. The molecule has 0 aliphatic carbocycles. The van der Waals surface area contributed by atoms with Crippen LogP contribution in [-0.4, -0.2) is 16.6 Å². The number of ketones is 1. The number of nitrogens with zero attached hydrogens (tertiary/aromatic N) is 1. The molecule has 2 aromatic carbocycles. The lowest BCUT2D eigenvalue weighted by molar-refractivity contribution is -0.384. The number of hydrogen-bond acceptors (Lipinski definition) is 4. The number of fused-ring (bicyclic) bond motifs is 1. The van der Waals surface area contributed by atoms with Crippen LogP contribution >= 0.6 is 15.9 Å². The first-order valence-electron chi connectivity index (χ1n) is 6.57. The van der Waals surface area contributed by atoms with Crippen molar-refractivity contribution in [3.63, 3.8) is 0 Å². The molecule has 1 amide bonds. The third-order valence-electron chi connectivity index (χ3n) is 3.40. The van der Waals surface area contributed by atoms with E-state index < -0.39 is 10.7 Å². The molecular weight excluding hydrogens is 364 g/mol. The summed E-state index contributed by atoms with van der Waals surface area (Å²) >= 11 is 3.33. The largest absolute Gasteiger partial charge is 0.321 e. The maximum atomic E-state index is 12.3. The van der Waals surface area contributed by atoms with E-state index in [2.05, 4.69) is 21.2 Å². The van der Waals surface area contributed by atoms with Gasteiger partial charge in [-0.2, -0.15) is 0 Å². The Kier molecular flexibility index (Phi) is 3.79. The van der Waals surface area contributed by atoms with Crippen molar-refractivity contribution in [2.24, 2.45) is 0 Å². The minimum Gasteiger partial charge on any atom is -0.321 e. The number of halogens is 1. The van der Waals surface area contributed by atoms with Gasteiger partial charge in [-0.3, -0.25) is 19.7 Å². The third-order valence-corrected chi connectivity index (χ3v) is 3.90. The van der Waals surface area contributed by atoms with Crippen molar-refractivity contribution >= 4 is 44.6 Å². The molecule has 0 saturated carbocycles. The van der Waals surface area contributed by atoms with Gasteiger partial charge in [-0.05, 0) is 36.4 Å². The van der Waals surface area contributed by atoms with Gasteiger partial charge < -0.3 is 5.32 Å². The fourth-order valence-corrected chi connectivity index (χ4v) is 2.63. The standard InChI is InChI=1S/C16H9BrN2O4/c17-10-3-6-14-12(7-10)13(16(21)18-14)8-15(20)9-1-4-11(5-2-9)19(22)23/h1-8H,(H,18,21)/b13-8+. The SMILES string of the molecule is O=C1Nc2ccc(Br)cc2/C1=C\C(=O)c1ccc([N+](=O)[O-])cc1. The second-order valence-corrected chi connectivity index (χ2v) is 5.79. The van der Waals surface area contributed by atoms with Crippen molar-refractivity contribution in [1.82, 2.24) is 0 Å². The number of rotatable bonds is 3. The minimum atomic E-state index is -0.537. The lowest BCUT2D eigenvalue weighted by Gasteiger charge is -2.00. The van der Waals surface area contributed by atoms with Crippen LogP contribution in [0.1, 0.15) is 15.9 Å². The van der Waals surface area contributed by atoms with E-state index >= 15 is 0 Å². The van der Waals surface area contributed by atoms with E-state index in [1.165, 1.54) is 30.3 Å². The average Bonchev–Trinajstić information content (AvgIpc) is 2.83. The number of carbonyl (C=O) groups excluding carboxylic acids is 2. The van der Waals surface area contributed by atoms with Crippen LogP contribution in [0.15, 0.2) is 53.0 Å². The number of hydrogen-bond donors (Lipinski definition) is 1. The second kappa shape index (κ2) is 5.77. The van der Waals surface area contributed by atoms with Crippen molar-refractivity contribution in [2.45, 2.75) is 0 Å². The number of amides is 1. The van der Waals surface area contributed by atoms with E-state index in [1.807, 2.05) is 0 Å². The van der Waals surface area contributed by atoms with Gasteiger partial charge in [0, 0.05) is 33.4 Å². The molecule has 0 unspecified atom stereocenters. The molecule has 1 heterocycles. The quantitative estimate of drug-likeness (QED) is 0.386. The van der Waals surface area contributed by atoms with Gasteiger partial charge in [0.2, 0.25) is 0 Å². The van der Waals surface area contributed by atoms with Gasteiger partial charge >= 0.3 is 0 Å². The highest BCUT2D eigenvalue weighted by molar-refractivity contribution is 9.10. The molecule has 1 N–H and O–H groups in total. The molecule has 0 bridgehead atoms. The number of carbonyl (C=O) groups is 2. The summed E-state index contributed by atoms with van der Waals surface area (Å²) < 4.78 is 0.793. The van der Waals surface area contributed by atoms with Gasteiger partial charge in [0.15, 0.2) is 5.78 Å². The fourth-order valence-electron chi connectivity index (χ4n) is 2.27. The third kappa shape index (κ3) is 2.91. The van der Waals surface area contributed by atoms with Gasteiger partial charge in [0.1, 0.15) is 0 Å². The smallest absolute Gasteiger partial charge is 0.269 e. The Balaban J connectivity index is 1.95. The number of nitro groups is 1. The summed E-state index contributed by atoms with van der Waals surface area (Å²) in [6, 6.07) is 10.5. The van der Waals surface area contributed by atoms with Crippen LogP contribution in [0.5, 0.6) is 0 Å². The van der Waals surface area contributed by atoms with E-state index in [4.69, 9.17) is 0 Å². The molecule has 3 rings (SSSR count). The summed E-state index contributed by atoms with van der Waals surface area (Å²) in [7, 11) is 0. The van der Waals surface area contributed by atoms with E-state index in [0.29, 0.717) is 11.3 Å². The lowest BCUT2D eigenvalue weighted by atomic mass is 10.0. The molecule has 0 spiro atoms. The number of nitrogens with one attached hydrogen (secondary N) is 1. The van der Waals surface area contributed by atoms with Crippen molar-refractivity contribution in [3.05, 3.63) is 74.3 Å². The maximum absolute atomic E-state index is 12.3. The highest BCUT2D eigenvalue weighted by atomic mass is 79.9. The zero-order chi connectivity index (χ0) is 16.6. The summed E-state index contributed by atoms with van der Waals surface area (Å²) in [4.78, 5) is 34.4. The molecular formula is C16H9BrN2O4. The molecule has 0 atom stereocenters. The van der Waals surface area contributed by atoms with E-state index in [9.17, 15) is 19.7 Å². The summed E-state index contributed by atoms with van der Waals surface area (Å²) in [6.45, 7) is 0. The number of non-ortho nitro benzene ring substituents is 1. The molecule has 6 nitrogen and oxygen atoms in total. The van der Waals surface area contributed by atoms with Crippen LogP contribution in [0.3, 0.4) is 0 Å². The van der Waals surface area contributed by atoms with Crippen LogP contribution in [0.2, 0.25) is 0 Å². The molecule has 1 aliphatic rings. The van der Waals surface area contributed by atoms with Crippen LogP contribution in [0.25, 0.3) is 5.57 Å². The molecule has 114 valence electrons. The van der Waals surface area contributed by atoms with Crippen LogP contribution in [-0.2, 0) is 4.79 Å². The van der Waals surface area contributed by atoms with Crippen molar-refractivity contribution in [2.75, 3.05) is 5.32 Å². The normalized spacial score (nSPS) is 14.5. The molecule has 23 heavy (non-hydrogen) atoms. The Bertz CT molecular complexity index is 872. The molecule has 7 heteroatoms. The maximum Gasteiger partial charge on any atom is 0.269 e. The lowest BCUT2D eigenvalue weighted by Crippen LogP contribution is -2.06. The highest BCUT2D eigenvalue weighted by Gasteiger charge is 2.25. The molecule has 0 fully saturated rings. The average molecular weight is 373 g/mol. The summed E-state index contributed by atoms with van der Waals surface area (Å²) in [5, 5.41) is 13.3. The van der Waals surface area contributed by atoms with Gasteiger partial charge in [0.25, 0.3) is 11.6 Å². The number of nitro benzene ring substituents is 1. The summed E-state index contributed by atoms with van der Waals surface area (Å²) in [6.07, 6.45) is 1.24. The molecule has 0 aromatic heterocycles. The highest BCUT2D eigenvalue weighted by Crippen LogP contribution is 2.34. The van der Waals surface area contributed by atoms with Crippen LogP contribution in [0, 0.1) is 10.1 Å². The van der Waals surface area contributed by atoms with Crippen molar-refractivity contribution in [1.29, 1.82) is 0 Å². The van der Waals surface area contributed by atoms with Crippen LogP contribution < -0.4 is 5.32 Å². The number of allylic oxidation sites excluding steroid dienone is 1. The Morgan fingerprint density at radius 3 is 2.52 bits per heavy atom. The van der Waals surface area contributed by atoms with Gasteiger partial charge in [0.05, 0.1) is 10.5 Å². The second-order valence-electron chi connectivity index (χ2n) is 4.87. The first-order chi connectivity index (χ1) is 11.0. The van der Waals surface area contributed by atoms with E-state index in [0.717, 1.165) is 4.47 Å². The number of anilines is 1. The Morgan fingerprint density at radius 2 is 1.87 bits per heavy atom. The fraction of sp³-hybridized carbons (Fsp3) is 0. The Hall–Kier alpha value is -2.80. The topological polar surface area (TPSA) is 89.3 Å². The zero-order valence-electron chi connectivity index (χ0n) is 11.6. The zero-order valence-corrected chi connectivity index (χ0v) is 13.2. The Labute approximate surface area is 139 Å². The van der Waals surface area contributed by atoms with Gasteiger partial charge in [-0.1, -0.05) is 15.9 Å². The van der Waals surface area contributed by atoms with E-state index in [-0.39, 0.29) is 22.7 Å². The van der Waals surface area contributed by atoms with Crippen molar-refractivity contribution in [3.8, 4) is 0 Å². The Morgan fingerprint density at radius 1 is 1.17 bits per heavy atom. The monoisotopic (exact) mass is 372 g/mol. The van der Waals surface area contributed by atoms with Gasteiger partial charge in [-0.25, -0.2) is 0 Å². The van der Waals surface area contributed by atoms with E-state index in [1.54, 1.807) is 18.2 Å². The minimum absolute atomic E-state index is 0.0953. The molecule has 0 radical (unpaired) electrons. The first kappa shape index (κ1) is 15.1. The predicted molar refractivity (Wildman–Crippen MR) is 88.2 cm³/mol. The van der Waals surface area contributed by atoms with Crippen molar-refractivity contribution < 1.29 is 14.5 Å². The molecule has 2 aromatic rings. The van der Waals surface area contributed by atoms with Crippen LogP contribution in [0.4, 0.5) is 11.4 Å². The van der Waals surface area contributed by atoms with Gasteiger partial charge in [-0.15, -0.1) is 0 Å². The molecule has 0 saturated heterocycles. The first-order valence-corrected chi connectivity index (χ1v) is 7.37. The molecule has 1 aliphatic heterocycles. The number of benzene rings is 2. The summed E-state index contributed by atoms with van der Waals surface area (Å²) in [5.74, 6) is -0.744. The predicted octanol–water partition coefficient (Wildman–Crippen LogP) is 3.58.